The highest BCUT2D eigenvalue weighted by molar-refractivity contribution is 7.14. The van der Waals surface area contributed by atoms with E-state index in [0.717, 1.165) is 49.8 Å². The molecule has 0 saturated carbocycles. The molecule has 1 fully saturated rings. The normalized spacial score (nSPS) is 17.8. The fourth-order valence-electron chi connectivity index (χ4n) is 3.13. The summed E-state index contributed by atoms with van der Waals surface area (Å²) in [6.07, 6.45) is 0.834. The van der Waals surface area contributed by atoms with Crippen molar-refractivity contribution in [3.8, 4) is 0 Å². The monoisotopic (exact) mass is 366 g/mol. The molecule has 8 heteroatoms. The molecule has 7 nitrogen and oxygen atoms in total. The van der Waals surface area contributed by atoms with E-state index in [4.69, 9.17) is 4.74 Å². The minimum absolute atomic E-state index is 0.0485. The second-order valence-corrected chi connectivity index (χ2v) is 7.80. The van der Waals surface area contributed by atoms with Crippen molar-refractivity contribution >= 4 is 28.8 Å². The fraction of sp³-hybridized carbons (Fsp3) is 0.647. The molecule has 25 heavy (non-hydrogen) atoms. The molecule has 2 aliphatic rings. The van der Waals surface area contributed by atoms with Crippen LogP contribution in [0, 0.1) is 0 Å². The van der Waals surface area contributed by atoms with Crippen molar-refractivity contribution in [2.45, 2.75) is 6.42 Å². The predicted molar refractivity (Wildman–Crippen MR) is 98.5 cm³/mol. The summed E-state index contributed by atoms with van der Waals surface area (Å²) in [7, 11) is 3.77. The lowest BCUT2D eigenvalue weighted by Gasteiger charge is -2.26. The minimum Gasteiger partial charge on any atom is -0.379 e. The summed E-state index contributed by atoms with van der Waals surface area (Å²) in [6, 6.07) is 1.87. The van der Waals surface area contributed by atoms with Gasteiger partial charge in [0.25, 0.3) is 5.91 Å². The van der Waals surface area contributed by atoms with Crippen LogP contribution in [0.15, 0.2) is 6.07 Å². The third-order valence-electron chi connectivity index (χ3n) is 4.43. The van der Waals surface area contributed by atoms with Crippen molar-refractivity contribution in [3.05, 3.63) is 15.8 Å². The SMILES string of the molecule is CN(C)CC(=O)N1CCc2sc(C(=O)NCCN3CCOCC3)cc21. The fourth-order valence-corrected chi connectivity index (χ4v) is 4.19. The van der Waals surface area contributed by atoms with Crippen molar-refractivity contribution in [2.75, 3.05) is 71.5 Å². The third kappa shape index (κ3) is 4.58. The highest BCUT2D eigenvalue weighted by Crippen LogP contribution is 2.35. The van der Waals surface area contributed by atoms with E-state index in [1.54, 1.807) is 4.90 Å². The van der Waals surface area contributed by atoms with Crippen LogP contribution in [0.3, 0.4) is 0 Å². The molecule has 2 amide bonds. The van der Waals surface area contributed by atoms with Crippen LogP contribution in [0.1, 0.15) is 14.5 Å². The third-order valence-corrected chi connectivity index (χ3v) is 5.62. The van der Waals surface area contributed by atoms with E-state index >= 15 is 0 Å². The molecule has 2 aliphatic heterocycles. The van der Waals surface area contributed by atoms with Crippen LogP contribution in [-0.2, 0) is 16.0 Å². The van der Waals surface area contributed by atoms with Gasteiger partial charge in [0.2, 0.25) is 5.91 Å². The molecule has 0 spiro atoms. The van der Waals surface area contributed by atoms with E-state index in [9.17, 15) is 9.59 Å². The second kappa shape index (κ2) is 8.27. The number of hydrogen-bond donors (Lipinski definition) is 1. The zero-order valence-electron chi connectivity index (χ0n) is 14.9. The van der Waals surface area contributed by atoms with Gasteiger partial charge in [-0.15, -0.1) is 11.3 Å². The van der Waals surface area contributed by atoms with Gasteiger partial charge in [-0.25, -0.2) is 0 Å². The first-order valence-electron chi connectivity index (χ1n) is 8.70. The molecular weight excluding hydrogens is 340 g/mol. The molecule has 3 heterocycles. The van der Waals surface area contributed by atoms with Gasteiger partial charge < -0.3 is 19.9 Å². The lowest BCUT2D eigenvalue weighted by atomic mass is 10.3. The van der Waals surface area contributed by atoms with Crippen LogP contribution in [0.25, 0.3) is 0 Å². The van der Waals surface area contributed by atoms with Crippen molar-refractivity contribution in [2.24, 2.45) is 0 Å². The molecule has 0 unspecified atom stereocenters. The number of thiophene rings is 1. The van der Waals surface area contributed by atoms with E-state index in [-0.39, 0.29) is 11.8 Å². The first-order valence-corrected chi connectivity index (χ1v) is 9.52. The Morgan fingerprint density at radius 1 is 1.28 bits per heavy atom. The molecule has 0 atom stereocenters. The van der Waals surface area contributed by atoms with E-state index in [1.807, 2.05) is 25.1 Å². The van der Waals surface area contributed by atoms with Gasteiger partial charge >= 0.3 is 0 Å². The number of hydrogen-bond acceptors (Lipinski definition) is 6. The highest BCUT2D eigenvalue weighted by Gasteiger charge is 2.28. The molecule has 0 aromatic carbocycles. The maximum atomic E-state index is 12.4. The molecule has 1 aromatic rings. The largest absolute Gasteiger partial charge is 0.379 e. The Morgan fingerprint density at radius 3 is 2.76 bits per heavy atom. The van der Waals surface area contributed by atoms with E-state index in [0.29, 0.717) is 24.5 Å². The van der Waals surface area contributed by atoms with Gasteiger partial charge in [-0.05, 0) is 20.2 Å². The highest BCUT2D eigenvalue weighted by atomic mass is 32.1. The number of carbonyl (C=O) groups excluding carboxylic acids is 2. The van der Waals surface area contributed by atoms with Crippen molar-refractivity contribution in [1.29, 1.82) is 0 Å². The van der Waals surface area contributed by atoms with Gasteiger partial charge in [0.05, 0.1) is 30.3 Å². The number of nitrogens with zero attached hydrogens (tertiary/aromatic N) is 3. The molecule has 3 rings (SSSR count). The summed E-state index contributed by atoms with van der Waals surface area (Å²) >= 11 is 1.50. The van der Waals surface area contributed by atoms with Crippen molar-refractivity contribution < 1.29 is 14.3 Å². The van der Waals surface area contributed by atoms with Gasteiger partial charge in [-0.2, -0.15) is 0 Å². The molecule has 138 valence electrons. The van der Waals surface area contributed by atoms with Gasteiger partial charge in [0.1, 0.15) is 0 Å². The molecule has 0 bridgehead atoms. The number of nitrogens with one attached hydrogen (secondary N) is 1. The maximum absolute atomic E-state index is 12.4. The minimum atomic E-state index is -0.0485. The predicted octanol–water partition coefficient (Wildman–Crippen LogP) is 0.261. The average molecular weight is 366 g/mol. The van der Waals surface area contributed by atoms with Crippen LogP contribution in [0.5, 0.6) is 0 Å². The average Bonchev–Trinajstić information content (AvgIpc) is 3.15. The summed E-state index contributed by atoms with van der Waals surface area (Å²) in [6.45, 7) is 5.95. The van der Waals surface area contributed by atoms with Crippen LogP contribution in [0.2, 0.25) is 0 Å². The number of anilines is 1. The molecule has 1 saturated heterocycles. The van der Waals surface area contributed by atoms with Gasteiger partial charge in [-0.1, -0.05) is 0 Å². The van der Waals surface area contributed by atoms with Crippen LogP contribution in [0.4, 0.5) is 5.69 Å². The lowest BCUT2D eigenvalue weighted by Crippen LogP contribution is -2.41. The second-order valence-electron chi connectivity index (χ2n) is 6.66. The molecule has 1 N–H and O–H groups in total. The van der Waals surface area contributed by atoms with Crippen molar-refractivity contribution in [3.63, 3.8) is 0 Å². The molecular formula is C17H26N4O3S. The molecule has 1 aromatic heterocycles. The van der Waals surface area contributed by atoms with E-state index < -0.39 is 0 Å². The number of ether oxygens (including phenoxy) is 1. The van der Waals surface area contributed by atoms with Crippen LogP contribution in [-0.4, -0.2) is 88.2 Å². The summed E-state index contributed by atoms with van der Waals surface area (Å²) in [5, 5.41) is 2.99. The quantitative estimate of drug-likeness (QED) is 0.783. The topological polar surface area (TPSA) is 65.1 Å². The number of amides is 2. The smallest absolute Gasteiger partial charge is 0.261 e. The number of fused-ring (bicyclic) bond motifs is 1. The van der Waals surface area contributed by atoms with Gasteiger partial charge in [0.15, 0.2) is 0 Å². The number of rotatable bonds is 6. The van der Waals surface area contributed by atoms with Gasteiger partial charge in [-0.3, -0.25) is 14.5 Å². The molecule has 0 radical (unpaired) electrons. The Kier molecular flexibility index (Phi) is 6.06. The number of likely N-dealkylation sites (N-methyl/N-ethyl adjacent to an activating group) is 1. The standard InChI is InChI=1S/C17H26N4O3S/c1-19(2)12-16(22)21-5-3-14-13(21)11-15(25-14)17(23)18-4-6-20-7-9-24-10-8-20/h11H,3-10,12H2,1-2H3,(H,18,23). The summed E-state index contributed by atoms with van der Waals surface area (Å²) in [4.78, 5) is 32.5. The zero-order chi connectivity index (χ0) is 17.8. The van der Waals surface area contributed by atoms with E-state index in [1.165, 1.54) is 11.3 Å². The summed E-state index contributed by atoms with van der Waals surface area (Å²) < 4.78 is 5.32. The van der Waals surface area contributed by atoms with Crippen molar-refractivity contribution in [1.82, 2.24) is 15.1 Å². The van der Waals surface area contributed by atoms with Crippen LogP contribution >= 0.6 is 11.3 Å². The Hall–Kier alpha value is -1.48. The summed E-state index contributed by atoms with van der Waals surface area (Å²) in [5.41, 5.74) is 0.912. The Balaban J connectivity index is 1.53. The van der Waals surface area contributed by atoms with E-state index in [2.05, 4.69) is 10.2 Å². The first kappa shape index (κ1) is 18.3. The number of morpholine rings is 1. The van der Waals surface area contributed by atoms with Gasteiger partial charge in [0, 0.05) is 44.0 Å². The summed E-state index contributed by atoms with van der Waals surface area (Å²) in [5.74, 6) is 0.0356. The maximum Gasteiger partial charge on any atom is 0.261 e. The zero-order valence-corrected chi connectivity index (χ0v) is 15.7. The Bertz CT molecular complexity index is 625. The number of carbonyl (C=O) groups is 2. The lowest BCUT2D eigenvalue weighted by molar-refractivity contribution is -0.119. The first-order chi connectivity index (χ1) is 12.0. The van der Waals surface area contributed by atoms with Crippen LogP contribution < -0.4 is 10.2 Å². The Labute approximate surface area is 152 Å². The Morgan fingerprint density at radius 2 is 2.04 bits per heavy atom. The molecule has 0 aliphatic carbocycles.